The quantitative estimate of drug-likeness (QED) is 0.790. The van der Waals surface area contributed by atoms with Gasteiger partial charge in [0.2, 0.25) is 0 Å². The van der Waals surface area contributed by atoms with Crippen LogP contribution in [-0.2, 0) is 6.42 Å². The zero-order valence-electron chi connectivity index (χ0n) is 10.8. The lowest BCUT2D eigenvalue weighted by Gasteiger charge is -2.31. The molecule has 2 heterocycles. The number of nitrogens with zero attached hydrogens (tertiary/aromatic N) is 2. The number of likely N-dealkylation sites (tertiary alicyclic amines) is 1. The summed E-state index contributed by atoms with van der Waals surface area (Å²) >= 11 is 0. The van der Waals surface area contributed by atoms with Gasteiger partial charge in [-0.1, -0.05) is 12.0 Å². The van der Waals surface area contributed by atoms with E-state index in [2.05, 4.69) is 27.2 Å². The summed E-state index contributed by atoms with van der Waals surface area (Å²) in [6, 6.07) is 6.72. The minimum Gasteiger partial charge on any atom is -0.313 e. The van der Waals surface area contributed by atoms with Crippen LogP contribution in [0.15, 0.2) is 24.4 Å². The van der Waals surface area contributed by atoms with Crippen molar-refractivity contribution in [1.29, 1.82) is 0 Å². The Hall–Kier alpha value is -1.37. The van der Waals surface area contributed by atoms with Gasteiger partial charge in [0.15, 0.2) is 0 Å². The van der Waals surface area contributed by atoms with E-state index in [-0.39, 0.29) is 0 Å². The second kappa shape index (κ2) is 7.15. The maximum absolute atomic E-state index is 5.32. The number of rotatable bonds is 5. The van der Waals surface area contributed by atoms with Crippen molar-refractivity contribution >= 4 is 0 Å². The molecule has 96 valence electrons. The highest BCUT2D eigenvalue weighted by Gasteiger charge is 2.17. The van der Waals surface area contributed by atoms with Crippen molar-refractivity contribution in [1.82, 2.24) is 15.2 Å². The van der Waals surface area contributed by atoms with Crippen molar-refractivity contribution in [2.24, 2.45) is 0 Å². The van der Waals surface area contributed by atoms with Gasteiger partial charge >= 0.3 is 0 Å². The van der Waals surface area contributed by atoms with Crippen molar-refractivity contribution in [3.63, 3.8) is 0 Å². The Morgan fingerprint density at radius 2 is 2.22 bits per heavy atom. The van der Waals surface area contributed by atoms with E-state index in [1.165, 1.54) is 12.8 Å². The highest BCUT2D eigenvalue weighted by Crippen LogP contribution is 2.09. The largest absolute Gasteiger partial charge is 0.313 e. The van der Waals surface area contributed by atoms with E-state index >= 15 is 0 Å². The van der Waals surface area contributed by atoms with Gasteiger partial charge in [0.25, 0.3) is 0 Å². The zero-order valence-corrected chi connectivity index (χ0v) is 10.8. The third kappa shape index (κ3) is 4.14. The first kappa shape index (κ1) is 13.1. The molecule has 0 radical (unpaired) electrons. The summed E-state index contributed by atoms with van der Waals surface area (Å²) < 4.78 is 0. The van der Waals surface area contributed by atoms with Gasteiger partial charge in [-0.15, -0.1) is 6.42 Å². The predicted molar refractivity (Wildman–Crippen MR) is 74.2 cm³/mol. The van der Waals surface area contributed by atoms with Gasteiger partial charge in [-0.05, 0) is 25.0 Å². The molecule has 0 bridgehead atoms. The maximum atomic E-state index is 5.32. The van der Waals surface area contributed by atoms with Gasteiger partial charge in [-0.2, -0.15) is 0 Å². The molecule has 1 saturated heterocycles. The molecule has 0 aliphatic carbocycles. The van der Waals surface area contributed by atoms with E-state index < -0.39 is 0 Å². The molecule has 0 saturated carbocycles. The summed E-state index contributed by atoms with van der Waals surface area (Å²) in [6.07, 6.45) is 10.6. The molecule has 1 aromatic heterocycles. The third-order valence-corrected chi connectivity index (χ3v) is 3.44. The average molecular weight is 243 g/mol. The normalized spacial score (nSPS) is 17.5. The van der Waals surface area contributed by atoms with Gasteiger partial charge in [0, 0.05) is 44.0 Å². The topological polar surface area (TPSA) is 28.2 Å². The molecular formula is C15H21N3. The number of nitrogens with one attached hydrogen (secondary N) is 1. The second-order valence-electron chi connectivity index (χ2n) is 4.78. The van der Waals surface area contributed by atoms with Crippen LogP contribution in [0.5, 0.6) is 0 Å². The fourth-order valence-corrected chi connectivity index (χ4v) is 2.37. The number of aromatic nitrogens is 1. The lowest BCUT2D eigenvalue weighted by atomic mass is 10.0. The number of hydrogen-bond acceptors (Lipinski definition) is 3. The minimum absolute atomic E-state index is 0.641. The smallest absolute Gasteiger partial charge is 0.0598 e. The van der Waals surface area contributed by atoms with Crippen LogP contribution in [0.4, 0.5) is 0 Å². The molecular weight excluding hydrogens is 222 g/mol. The Bertz CT molecular complexity index is 374. The molecule has 1 fully saturated rings. The van der Waals surface area contributed by atoms with Crippen molar-refractivity contribution in [3.8, 4) is 12.3 Å². The first-order valence-electron chi connectivity index (χ1n) is 6.67. The molecule has 2 rings (SSSR count). The first-order valence-corrected chi connectivity index (χ1v) is 6.67. The highest BCUT2D eigenvalue weighted by atomic mass is 15.1. The van der Waals surface area contributed by atoms with E-state index in [9.17, 15) is 0 Å². The van der Waals surface area contributed by atoms with E-state index in [1.54, 1.807) is 0 Å². The molecule has 0 unspecified atom stereocenters. The molecule has 0 amide bonds. The number of piperidine rings is 1. The van der Waals surface area contributed by atoms with Crippen LogP contribution < -0.4 is 5.32 Å². The number of hydrogen-bond donors (Lipinski definition) is 1. The molecule has 1 aromatic rings. The second-order valence-corrected chi connectivity index (χ2v) is 4.78. The Morgan fingerprint density at radius 3 is 2.89 bits per heavy atom. The average Bonchev–Trinajstić information content (AvgIpc) is 2.42. The summed E-state index contributed by atoms with van der Waals surface area (Å²) in [7, 11) is 0. The first-order chi connectivity index (χ1) is 8.88. The van der Waals surface area contributed by atoms with Crippen molar-refractivity contribution in [2.45, 2.75) is 25.3 Å². The van der Waals surface area contributed by atoms with Crippen LogP contribution in [0.1, 0.15) is 18.5 Å². The lowest BCUT2D eigenvalue weighted by molar-refractivity contribution is 0.218. The summed E-state index contributed by atoms with van der Waals surface area (Å²) in [6.45, 7) is 4.04. The maximum Gasteiger partial charge on any atom is 0.0598 e. The monoisotopic (exact) mass is 243 g/mol. The van der Waals surface area contributed by atoms with Crippen molar-refractivity contribution in [3.05, 3.63) is 30.1 Å². The van der Waals surface area contributed by atoms with E-state index in [0.717, 1.165) is 38.3 Å². The highest BCUT2D eigenvalue weighted by molar-refractivity contribution is 5.03. The molecule has 0 spiro atoms. The van der Waals surface area contributed by atoms with Crippen LogP contribution in [0.25, 0.3) is 0 Å². The number of pyridine rings is 1. The van der Waals surface area contributed by atoms with Crippen LogP contribution in [0.2, 0.25) is 0 Å². The molecule has 1 aliphatic heterocycles. The Kier molecular flexibility index (Phi) is 5.19. The molecule has 18 heavy (non-hydrogen) atoms. The SMILES string of the molecule is C#CCN1CCC(NCCc2ccccn2)CC1. The van der Waals surface area contributed by atoms with Crippen LogP contribution >= 0.6 is 0 Å². The van der Waals surface area contributed by atoms with Gasteiger partial charge in [-0.25, -0.2) is 0 Å². The van der Waals surface area contributed by atoms with Crippen LogP contribution in [-0.4, -0.2) is 42.1 Å². The van der Waals surface area contributed by atoms with Crippen molar-refractivity contribution < 1.29 is 0 Å². The molecule has 1 N–H and O–H groups in total. The van der Waals surface area contributed by atoms with Gasteiger partial charge in [-0.3, -0.25) is 9.88 Å². The summed E-state index contributed by atoms with van der Waals surface area (Å²) in [5.41, 5.74) is 1.16. The van der Waals surface area contributed by atoms with E-state index in [0.29, 0.717) is 6.04 Å². The number of terminal acetylenes is 1. The molecule has 3 heteroatoms. The molecule has 1 aliphatic rings. The van der Waals surface area contributed by atoms with E-state index in [1.807, 2.05) is 18.3 Å². The van der Waals surface area contributed by atoms with Crippen LogP contribution in [0.3, 0.4) is 0 Å². The molecule has 0 atom stereocenters. The van der Waals surface area contributed by atoms with Gasteiger partial charge < -0.3 is 5.32 Å². The molecule has 0 aromatic carbocycles. The predicted octanol–water partition coefficient (Wildman–Crippen LogP) is 1.31. The standard InChI is InChI=1S/C15H21N3/c1-2-11-18-12-7-15(8-13-18)17-10-6-14-5-3-4-9-16-14/h1,3-5,9,15,17H,6-8,10-13H2. The Labute approximate surface area is 110 Å². The summed E-state index contributed by atoms with van der Waals surface area (Å²) in [5, 5.41) is 3.61. The van der Waals surface area contributed by atoms with Crippen LogP contribution in [0, 0.1) is 12.3 Å². The zero-order chi connectivity index (χ0) is 12.6. The van der Waals surface area contributed by atoms with Gasteiger partial charge in [0.1, 0.15) is 0 Å². The lowest BCUT2D eigenvalue weighted by Crippen LogP contribution is -2.43. The molecule has 3 nitrogen and oxygen atoms in total. The summed E-state index contributed by atoms with van der Waals surface area (Å²) in [5.74, 6) is 2.71. The Balaban J connectivity index is 1.63. The van der Waals surface area contributed by atoms with Gasteiger partial charge in [0.05, 0.1) is 6.54 Å². The van der Waals surface area contributed by atoms with Crippen molar-refractivity contribution in [2.75, 3.05) is 26.2 Å². The minimum atomic E-state index is 0.641. The van der Waals surface area contributed by atoms with E-state index in [4.69, 9.17) is 6.42 Å². The summed E-state index contributed by atoms with van der Waals surface area (Å²) in [4.78, 5) is 6.67. The fourth-order valence-electron chi connectivity index (χ4n) is 2.37. The fraction of sp³-hybridized carbons (Fsp3) is 0.533. The third-order valence-electron chi connectivity index (χ3n) is 3.44. The Morgan fingerprint density at radius 1 is 1.39 bits per heavy atom.